The second-order valence-corrected chi connectivity index (χ2v) is 7.87. The minimum atomic E-state index is -0.708. The molecule has 0 saturated heterocycles. The third-order valence-electron chi connectivity index (χ3n) is 4.88. The maximum absolute atomic E-state index is 12.7. The second-order valence-electron chi connectivity index (χ2n) is 7.87. The topological polar surface area (TPSA) is 72.9 Å². The molecule has 0 saturated carbocycles. The van der Waals surface area contributed by atoms with E-state index in [1.165, 1.54) is 7.11 Å². The highest BCUT2D eigenvalue weighted by atomic mass is 16.5. The number of carbonyl (C=O) groups is 1. The van der Waals surface area contributed by atoms with Crippen LogP contribution in [0, 0.1) is 0 Å². The molecule has 0 amide bonds. The van der Waals surface area contributed by atoms with Gasteiger partial charge >= 0.3 is 5.97 Å². The van der Waals surface area contributed by atoms with Gasteiger partial charge in [0.25, 0.3) is 0 Å². The van der Waals surface area contributed by atoms with Crippen molar-refractivity contribution in [3.8, 4) is 11.5 Å². The van der Waals surface area contributed by atoms with Gasteiger partial charge in [0.15, 0.2) is 17.5 Å². The first-order valence-corrected chi connectivity index (χ1v) is 10.7. The molecule has 32 heavy (non-hydrogen) atoms. The number of methoxy groups -OCH3 is 1. The molecule has 1 N–H and O–H groups in total. The number of rotatable bonds is 9. The van der Waals surface area contributed by atoms with Crippen LogP contribution >= 0.6 is 0 Å². The Morgan fingerprint density at radius 1 is 1.09 bits per heavy atom. The van der Waals surface area contributed by atoms with Gasteiger partial charge in [0.05, 0.1) is 19.8 Å². The zero-order valence-electron chi connectivity index (χ0n) is 19.5. The van der Waals surface area contributed by atoms with Crippen molar-refractivity contribution < 1.29 is 19.0 Å². The van der Waals surface area contributed by atoms with Crippen molar-refractivity contribution in [1.82, 2.24) is 4.98 Å². The van der Waals surface area contributed by atoms with Crippen LogP contribution in [0.15, 0.2) is 48.7 Å². The summed E-state index contributed by atoms with van der Waals surface area (Å²) < 4.78 is 16.7. The highest BCUT2D eigenvalue weighted by molar-refractivity contribution is 5.94. The first kappa shape index (κ1) is 23.2. The normalized spacial score (nSPS) is 11.8. The fourth-order valence-corrected chi connectivity index (χ4v) is 3.49. The highest BCUT2D eigenvalue weighted by Crippen LogP contribution is 2.34. The molecular formula is C25H31N3O4. The number of hydrogen-bond donors (Lipinski definition) is 1. The molecule has 3 aromatic rings. The van der Waals surface area contributed by atoms with E-state index in [0.717, 1.165) is 27.8 Å². The van der Waals surface area contributed by atoms with E-state index in [2.05, 4.69) is 10.3 Å². The molecule has 0 bridgehead atoms. The lowest BCUT2D eigenvalue weighted by molar-refractivity contribution is -0.141. The van der Waals surface area contributed by atoms with E-state index in [9.17, 15) is 4.79 Å². The van der Waals surface area contributed by atoms with Gasteiger partial charge in [0, 0.05) is 31.4 Å². The average Bonchev–Trinajstić information content (AvgIpc) is 2.77. The van der Waals surface area contributed by atoms with E-state index in [4.69, 9.17) is 14.2 Å². The lowest BCUT2D eigenvalue weighted by atomic mass is 10.0. The van der Waals surface area contributed by atoms with Gasteiger partial charge in [-0.15, -0.1) is 0 Å². The first-order chi connectivity index (χ1) is 15.3. The number of fused-ring (bicyclic) bond motifs is 1. The molecule has 3 rings (SSSR count). The number of esters is 1. The molecule has 2 aromatic carbocycles. The van der Waals surface area contributed by atoms with Crippen LogP contribution in [0.5, 0.6) is 11.5 Å². The van der Waals surface area contributed by atoms with Crippen LogP contribution in [0.25, 0.3) is 10.8 Å². The van der Waals surface area contributed by atoms with E-state index in [1.54, 1.807) is 6.20 Å². The summed E-state index contributed by atoms with van der Waals surface area (Å²) in [6.45, 7) is 6.31. The Morgan fingerprint density at radius 2 is 1.88 bits per heavy atom. The van der Waals surface area contributed by atoms with Gasteiger partial charge in [-0.2, -0.15) is 0 Å². The fraction of sp³-hybridized carbons (Fsp3) is 0.360. The highest BCUT2D eigenvalue weighted by Gasteiger charge is 2.23. The number of benzene rings is 2. The van der Waals surface area contributed by atoms with Crippen LogP contribution in [-0.2, 0) is 9.53 Å². The van der Waals surface area contributed by atoms with Crippen molar-refractivity contribution in [3.05, 3.63) is 54.2 Å². The minimum Gasteiger partial charge on any atom is -0.490 e. The van der Waals surface area contributed by atoms with Gasteiger partial charge in [0.1, 0.15) is 5.82 Å². The van der Waals surface area contributed by atoms with Gasteiger partial charge in [-0.3, -0.25) is 0 Å². The van der Waals surface area contributed by atoms with Gasteiger partial charge < -0.3 is 24.4 Å². The number of anilines is 2. The van der Waals surface area contributed by atoms with Crippen LogP contribution in [-0.4, -0.2) is 44.9 Å². The number of nitrogens with zero attached hydrogens (tertiary/aromatic N) is 2. The van der Waals surface area contributed by atoms with E-state index in [-0.39, 0.29) is 6.10 Å². The molecule has 0 aliphatic rings. The monoisotopic (exact) mass is 437 g/mol. The largest absolute Gasteiger partial charge is 0.490 e. The summed E-state index contributed by atoms with van der Waals surface area (Å²) in [5.74, 6) is 1.73. The van der Waals surface area contributed by atoms with E-state index in [0.29, 0.717) is 18.1 Å². The Hall–Kier alpha value is -3.48. The number of carbonyl (C=O) groups excluding carboxylic acids is 1. The van der Waals surface area contributed by atoms with Crippen molar-refractivity contribution >= 4 is 28.2 Å². The number of hydrogen-bond acceptors (Lipinski definition) is 7. The van der Waals surface area contributed by atoms with Crippen LogP contribution in [0.1, 0.15) is 32.4 Å². The molecule has 7 nitrogen and oxygen atoms in total. The SMILES string of the molecule is CCOc1cc(C(Nc2ccc3c(N(C)C)nccc3c2)C(=O)OC)ccc1OC(C)C. The third-order valence-corrected chi connectivity index (χ3v) is 4.88. The van der Waals surface area contributed by atoms with Crippen LogP contribution < -0.4 is 19.7 Å². The smallest absolute Gasteiger partial charge is 0.332 e. The quantitative estimate of drug-likeness (QED) is 0.482. The summed E-state index contributed by atoms with van der Waals surface area (Å²) in [5.41, 5.74) is 1.52. The maximum Gasteiger partial charge on any atom is 0.332 e. The summed E-state index contributed by atoms with van der Waals surface area (Å²) in [6.07, 6.45) is 1.79. The van der Waals surface area contributed by atoms with Crippen molar-refractivity contribution in [2.45, 2.75) is 32.9 Å². The molecule has 0 spiro atoms. The number of aromatic nitrogens is 1. The molecule has 0 aliphatic carbocycles. The molecule has 1 aromatic heterocycles. The lowest BCUT2D eigenvalue weighted by Gasteiger charge is -2.21. The van der Waals surface area contributed by atoms with E-state index in [1.807, 2.05) is 82.2 Å². The maximum atomic E-state index is 12.7. The van der Waals surface area contributed by atoms with Crippen LogP contribution in [0.2, 0.25) is 0 Å². The molecule has 1 atom stereocenters. The molecule has 0 fully saturated rings. The predicted octanol–water partition coefficient (Wildman–Crippen LogP) is 4.81. The van der Waals surface area contributed by atoms with Gasteiger partial charge in [-0.25, -0.2) is 9.78 Å². The minimum absolute atomic E-state index is 0.00808. The molecule has 1 unspecified atom stereocenters. The fourth-order valence-electron chi connectivity index (χ4n) is 3.49. The van der Waals surface area contributed by atoms with E-state index < -0.39 is 12.0 Å². The summed E-state index contributed by atoms with van der Waals surface area (Å²) in [5, 5.41) is 5.37. The Balaban J connectivity index is 1.97. The summed E-state index contributed by atoms with van der Waals surface area (Å²) >= 11 is 0. The van der Waals surface area contributed by atoms with Crippen molar-refractivity contribution in [2.24, 2.45) is 0 Å². The Labute approximate surface area is 189 Å². The number of ether oxygens (including phenoxy) is 3. The zero-order chi connectivity index (χ0) is 23.3. The second kappa shape index (κ2) is 10.2. The van der Waals surface area contributed by atoms with Crippen molar-refractivity contribution in [2.75, 3.05) is 38.0 Å². The summed E-state index contributed by atoms with van der Waals surface area (Å²) in [4.78, 5) is 19.1. The molecule has 1 heterocycles. The number of pyridine rings is 1. The van der Waals surface area contributed by atoms with E-state index >= 15 is 0 Å². The predicted molar refractivity (Wildman–Crippen MR) is 128 cm³/mol. The van der Waals surface area contributed by atoms with Crippen LogP contribution in [0.4, 0.5) is 11.5 Å². The molecular weight excluding hydrogens is 406 g/mol. The molecule has 170 valence electrons. The Bertz CT molecular complexity index is 1080. The summed E-state index contributed by atoms with van der Waals surface area (Å²) in [6, 6.07) is 12.7. The zero-order valence-corrected chi connectivity index (χ0v) is 19.5. The third kappa shape index (κ3) is 5.22. The Morgan fingerprint density at radius 3 is 2.53 bits per heavy atom. The van der Waals surface area contributed by atoms with Crippen LogP contribution in [0.3, 0.4) is 0 Å². The lowest BCUT2D eigenvalue weighted by Crippen LogP contribution is -2.22. The molecule has 7 heteroatoms. The first-order valence-electron chi connectivity index (χ1n) is 10.7. The average molecular weight is 438 g/mol. The van der Waals surface area contributed by atoms with Gasteiger partial charge in [-0.1, -0.05) is 6.07 Å². The summed E-state index contributed by atoms with van der Waals surface area (Å²) in [7, 11) is 5.31. The van der Waals surface area contributed by atoms with Crippen molar-refractivity contribution in [3.63, 3.8) is 0 Å². The Kier molecular flexibility index (Phi) is 7.41. The van der Waals surface area contributed by atoms with Gasteiger partial charge in [0.2, 0.25) is 0 Å². The van der Waals surface area contributed by atoms with Gasteiger partial charge in [-0.05, 0) is 68.1 Å². The molecule has 0 radical (unpaired) electrons. The van der Waals surface area contributed by atoms with Crippen molar-refractivity contribution in [1.29, 1.82) is 0 Å². The molecule has 0 aliphatic heterocycles. The number of nitrogens with one attached hydrogen (secondary N) is 1. The standard InChI is InChI=1S/C25H31N3O4/c1-7-31-22-15-18(8-11-21(22)32-16(2)3)23(25(29)30-6)27-19-9-10-20-17(14-19)12-13-26-24(20)28(4)5/h8-16,23,27H,7H2,1-6H3.